The summed E-state index contributed by atoms with van der Waals surface area (Å²) in [6.07, 6.45) is 1.05. The molecule has 4 aromatic carbocycles. The maximum atomic E-state index is 3.50. The Bertz CT molecular complexity index is 941. The van der Waals surface area contributed by atoms with Crippen molar-refractivity contribution in [3.05, 3.63) is 118 Å². The van der Waals surface area contributed by atoms with Crippen LogP contribution in [0.5, 0.6) is 0 Å². The monoisotopic (exact) mass is 441 g/mol. The number of rotatable bonds is 0. The molecule has 1 heteroatoms. The molecule has 0 aromatic heterocycles. The summed E-state index contributed by atoms with van der Waals surface area (Å²) in [5, 5.41) is 0. The van der Waals surface area contributed by atoms with Crippen LogP contribution in [0, 0.1) is 33.8 Å². The third-order valence-corrected chi connectivity index (χ3v) is 4.95. The summed E-state index contributed by atoms with van der Waals surface area (Å²) in [4.78, 5) is 0. The van der Waals surface area contributed by atoms with Crippen molar-refractivity contribution < 1.29 is 26.2 Å². The van der Waals surface area contributed by atoms with Crippen LogP contribution in [0.25, 0.3) is 11.1 Å². The molecule has 1 radical (unpaired) electrons. The molecule has 0 bridgehead atoms. The number of fused-ring (bicyclic) bond motifs is 3. The van der Waals surface area contributed by atoms with Crippen LogP contribution in [0.15, 0.2) is 78.9 Å². The van der Waals surface area contributed by atoms with Crippen LogP contribution < -0.4 is 0 Å². The molecule has 0 saturated carbocycles. The number of hydrogen-bond donors (Lipinski definition) is 0. The van der Waals surface area contributed by atoms with E-state index in [0.29, 0.717) is 0 Å². The summed E-state index contributed by atoms with van der Waals surface area (Å²) in [5.74, 6) is 0. The molecule has 5 rings (SSSR count). The van der Waals surface area contributed by atoms with E-state index in [0.717, 1.165) is 6.42 Å². The van der Waals surface area contributed by atoms with Gasteiger partial charge in [0.15, 0.2) is 0 Å². The Morgan fingerprint density at radius 2 is 1.29 bits per heavy atom. The van der Waals surface area contributed by atoms with E-state index < -0.39 is 0 Å². The molecule has 0 nitrogen and oxygen atoms in total. The van der Waals surface area contributed by atoms with Crippen LogP contribution >= 0.6 is 0 Å². The molecule has 0 N–H and O–H groups in total. The van der Waals surface area contributed by atoms with Gasteiger partial charge in [-0.3, -0.25) is 0 Å². The molecule has 4 aromatic rings. The molecule has 139 valence electrons. The van der Waals surface area contributed by atoms with Gasteiger partial charge in [0.1, 0.15) is 0 Å². The van der Waals surface area contributed by atoms with Gasteiger partial charge in [0, 0.05) is 0 Å². The molecule has 1 aliphatic carbocycles. The smallest absolute Gasteiger partial charge is 0.213 e. The molecule has 0 amide bonds. The fraction of sp³-hybridized carbons (Fsp3) is 0.185. The van der Waals surface area contributed by atoms with E-state index in [1.165, 1.54) is 44.5 Å². The van der Waals surface area contributed by atoms with Crippen molar-refractivity contribution in [2.75, 3.05) is 0 Å². The van der Waals surface area contributed by atoms with Gasteiger partial charge in [-0.25, -0.2) is 24.3 Å². The first-order valence-corrected chi connectivity index (χ1v) is 9.52. The van der Waals surface area contributed by atoms with Gasteiger partial charge in [0.25, 0.3) is 0 Å². The second kappa shape index (κ2) is 10.5. The Hall–Kier alpha value is -1.98. The third kappa shape index (κ3) is 5.76. The standard InChI is InChI=1S/C15H13.2C6H7.Zr/c1-10-7-13-9-12-5-3-4-6-14(12)15(13)8-11(10)2;2*1-6-4-2-3-5-6;/h3-6,8H,9H2,1-2H3;2*2-5H,1H3;/q3*-1;+3. The van der Waals surface area contributed by atoms with Gasteiger partial charge >= 0.3 is 26.2 Å². The fourth-order valence-corrected chi connectivity index (χ4v) is 3.25. The van der Waals surface area contributed by atoms with Crippen molar-refractivity contribution in [3.63, 3.8) is 0 Å². The van der Waals surface area contributed by atoms with Crippen molar-refractivity contribution in [1.29, 1.82) is 0 Å². The van der Waals surface area contributed by atoms with E-state index >= 15 is 0 Å². The second-order valence-electron chi connectivity index (χ2n) is 7.23. The molecule has 0 spiro atoms. The zero-order chi connectivity index (χ0) is 19.2. The molecule has 0 fully saturated rings. The summed E-state index contributed by atoms with van der Waals surface area (Å²) in [6.45, 7) is 8.46. The summed E-state index contributed by atoms with van der Waals surface area (Å²) >= 11 is 0. The van der Waals surface area contributed by atoms with E-state index in [-0.39, 0.29) is 26.2 Å². The van der Waals surface area contributed by atoms with Crippen LogP contribution in [0.1, 0.15) is 33.4 Å². The Morgan fingerprint density at radius 1 is 0.750 bits per heavy atom. The number of benzene rings is 2. The molecule has 0 atom stereocenters. The van der Waals surface area contributed by atoms with E-state index in [1.807, 2.05) is 24.3 Å². The fourth-order valence-electron chi connectivity index (χ4n) is 3.25. The molecular formula is C27H27Zr. The average Bonchev–Trinajstić information content (AvgIpc) is 3.39. The van der Waals surface area contributed by atoms with Crippen molar-refractivity contribution >= 4 is 0 Å². The largest absolute Gasteiger partial charge is 3.00 e. The molecular weight excluding hydrogens is 416 g/mol. The Kier molecular flexibility index (Phi) is 8.40. The van der Waals surface area contributed by atoms with Crippen LogP contribution in [-0.4, -0.2) is 0 Å². The van der Waals surface area contributed by atoms with Gasteiger partial charge in [-0.2, -0.15) is 58.7 Å². The minimum atomic E-state index is 0. The number of hydrogen-bond acceptors (Lipinski definition) is 0. The second-order valence-corrected chi connectivity index (χ2v) is 7.23. The first-order chi connectivity index (χ1) is 13.0. The van der Waals surface area contributed by atoms with Gasteiger partial charge in [-0.15, -0.1) is 11.1 Å². The average molecular weight is 443 g/mol. The SMILES string of the molecule is C[c-]1cccc1.C[c-]1cccc1.Cc1[c-]c2c(cc1C)-c1ccccc1C2.[Zr+3]. The van der Waals surface area contributed by atoms with E-state index in [4.69, 9.17) is 0 Å². The van der Waals surface area contributed by atoms with Gasteiger partial charge in [0.2, 0.25) is 0 Å². The zero-order valence-electron chi connectivity index (χ0n) is 17.2. The molecule has 0 saturated heterocycles. The minimum absolute atomic E-state index is 0. The van der Waals surface area contributed by atoms with Crippen molar-refractivity contribution in [1.82, 2.24) is 0 Å². The molecule has 0 aliphatic heterocycles. The van der Waals surface area contributed by atoms with Crippen LogP contribution in [-0.2, 0) is 32.6 Å². The summed E-state index contributed by atoms with van der Waals surface area (Å²) in [6, 6.07) is 30.9. The molecule has 1 aliphatic rings. The first-order valence-electron chi connectivity index (χ1n) is 9.52. The predicted molar refractivity (Wildman–Crippen MR) is 117 cm³/mol. The van der Waals surface area contributed by atoms with Gasteiger partial charge in [-0.05, 0) is 6.42 Å². The minimum Gasteiger partial charge on any atom is -0.213 e. The zero-order valence-corrected chi connectivity index (χ0v) is 19.7. The molecule has 0 heterocycles. The topological polar surface area (TPSA) is 0 Å². The van der Waals surface area contributed by atoms with Crippen LogP contribution in [0.2, 0.25) is 0 Å². The Morgan fingerprint density at radius 3 is 1.79 bits per heavy atom. The Balaban J connectivity index is 0.000000179. The van der Waals surface area contributed by atoms with E-state index in [2.05, 4.69) is 88.4 Å². The Labute approximate surface area is 189 Å². The molecule has 0 unspecified atom stereocenters. The van der Waals surface area contributed by atoms with Crippen molar-refractivity contribution in [2.24, 2.45) is 0 Å². The maximum Gasteiger partial charge on any atom is 3.00 e. The summed E-state index contributed by atoms with van der Waals surface area (Å²) < 4.78 is 0. The van der Waals surface area contributed by atoms with Crippen molar-refractivity contribution in [2.45, 2.75) is 34.1 Å². The van der Waals surface area contributed by atoms with Gasteiger partial charge < -0.3 is 0 Å². The molecule has 28 heavy (non-hydrogen) atoms. The van der Waals surface area contributed by atoms with Gasteiger partial charge in [-0.1, -0.05) is 63.1 Å². The van der Waals surface area contributed by atoms with E-state index in [1.54, 1.807) is 0 Å². The van der Waals surface area contributed by atoms with Crippen LogP contribution in [0.4, 0.5) is 0 Å². The number of aryl methyl sites for hydroxylation is 4. The third-order valence-electron chi connectivity index (χ3n) is 4.95. The quantitative estimate of drug-likeness (QED) is 0.224. The normalized spacial score (nSPS) is 10.4. The first kappa shape index (κ1) is 22.3. The van der Waals surface area contributed by atoms with E-state index in [9.17, 15) is 0 Å². The van der Waals surface area contributed by atoms with Gasteiger partial charge in [0.05, 0.1) is 0 Å². The van der Waals surface area contributed by atoms with Crippen molar-refractivity contribution in [3.8, 4) is 11.1 Å². The van der Waals surface area contributed by atoms with Crippen LogP contribution in [0.3, 0.4) is 0 Å². The summed E-state index contributed by atoms with van der Waals surface area (Å²) in [7, 11) is 0. The summed E-state index contributed by atoms with van der Waals surface area (Å²) in [5.41, 5.74) is 10.9. The predicted octanol–water partition coefficient (Wildman–Crippen LogP) is 7.10. The maximum absolute atomic E-state index is 3.50.